The number of imidazole rings is 1. The zero-order valence-electron chi connectivity index (χ0n) is 13.5. The number of ether oxygens (including phenoxy) is 1. The van der Waals surface area contributed by atoms with Gasteiger partial charge < -0.3 is 10.1 Å². The van der Waals surface area contributed by atoms with Crippen molar-refractivity contribution >= 4 is 22.2 Å². The first-order chi connectivity index (χ1) is 11.6. The number of carbonyl (C=O) groups excluding carboxylic acids is 1. The molecule has 0 unspecified atom stereocenters. The molecule has 0 aliphatic rings. The average molecular weight is 347 g/mol. The zero-order valence-corrected chi connectivity index (χ0v) is 14.3. The summed E-state index contributed by atoms with van der Waals surface area (Å²) in [6.07, 6.45) is 2.65. The van der Waals surface area contributed by atoms with Gasteiger partial charge in [0.1, 0.15) is 10.7 Å². The fourth-order valence-corrected chi connectivity index (χ4v) is 3.44. The minimum atomic E-state index is -0.275. The van der Waals surface area contributed by atoms with Crippen molar-refractivity contribution in [3.63, 3.8) is 0 Å². The summed E-state index contributed by atoms with van der Waals surface area (Å²) in [4.78, 5) is 18.2. The van der Waals surface area contributed by atoms with E-state index in [1.165, 1.54) is 23.5 Å². The Morgan fingerprint density at radius 1 is 1.38 bits per heavy atom. The number of rotatable bonds is 6. The van der Waals surface area contributed by atoms with Crippen LogP contribution in [0.25, 0.3) is 16.2 Å². The highest BCUT2D eigenvalue weighted by atomic mass is 32.1. The molecule has 0 saturated heterocycles. The van der Waals surface area contributed by atoms with Crippen molar-refractivity contribution in [1.29, 1.82) is 0 Å². The molecule has 1 N–H and O–H groups in total. The number of hydrogen-bond acceptors (Lipinski definition) is 4. The van der Waals surface area contributed by atoms with Crippen molar-refractivity contribution in [2.75, 3.05) is 20.3 Å². The Labute approximate surface area is 143 Å². The first-order valence-electron chi connectivity index (χ1n) is 7.61. The van der Waals surface area contributed by atoms with Crippen LogP contribution in [-0.4, -0.2) is 35.6 Å². The molecule has 126 valence electrons. The molecule has 0 aliphatic carbocycles. The van der Waals surface area contributed by atoms with Crippen molar-refractivity contribution in [2.45, 2.75) is 13.3 Å². The minimum absolute atomic E-state index is 0.0950. The molecule has 24 heavy (non-hydrogen) atoms. The standard InChI is InChI=1S/C17H18FN3O2S/c1-11-15(16(22)19-8-3-9-23-2)24-17-20-14(10-21(11)17)12-4-6-13(18)7-5-12/h4-7,10H,3,8-9H2,1-2H3,(H,19,22). The topological polar surface area (TPSA) is 55.6 Å². The molecular formula is C17H18FN3O2S. The van der Waals surface area contributed by atoms with E-state index < -0.39 is 0 Å². The number of carbonyl (C=O) groups is 1. The van der Waals surface area contributed by atoms with E-state index in [1.54, 1.807) is 19.2 Å². The fourth-order valence-electron chi connectivity index (χ4n) is 2.42. The van der Waals surface area contributed by atoms with E-state index in [0.29, 0.717) is 18.0 Å². The molecule has 0 aliphatic heterocycles. The van der Waals surface area contributed by atoms with Gasteiger partial charge in [-0.25, -0.2) is 9.37 Å². The number of aryl methyl sites for hydroxylation is 1. The Morgan fingerprint density at radius 3 is 2.79 bits per heavy atom. The van der Waals surface area contributed by atoms with Gasteiger partial charge in [0.25, 0.3) is 5.91 Å². The third-order valence-corrected chi connectivity index (χ3v) is 4.87. The first-order valence-corrected chi connectivity index (χ1v) is 8.43. The van der Waals surface area contributed by atoms with E-state index >= 15 is 0 Å². The molecule has 1 amide bonds. The number of fused-ring (bicyclic) bond motifs is 1. The summed E-state index contributed by atoms with van der Waals surface area (Å²) in [5.74, 6) is -0.370. The summed E-state index contributed by atoms with van der Waals surface area (Å²) >= 11 is 1.35. The molecule has 1 aromatic carbocycles. The second-order valence-electron chi connectivity index (χ2n) is 5.40. The quantitative estimate of drug-likeness (QED) is 0.696. The van der Waals surface area contributed by atoms with Gasteiger partial charge in [-0.15, -0.1) is 0 Å². The van der Waals surface area contributed by atoms with Crippen LogP contribution in [0.2, 0.25) is 0 Å². The minimum Gasteiger partial charge on any atom is -0.385 e. The van der Waals surface area contributed by atoms with E-state index in [4.69, 9.17) is 4.74 Å². The number of halogens is 1. The van der Waals surface area contributed by atoms with Gasteiger partial charge in [-0.2, -0.15) is 0 Å². The van der Waals surface area contributed by atoms with Gasteiger partial charge in [0, 0.05) is 37.7 Å². The molecule has 0 spiro atoms. The molecule has 3 rings (SSSR count). The SMILES string of the molecule is COCCCNC(=O)c1sc2nc(-c3ccc(F)cc3)cn2c1C. The van der Waals surface area contributed by atoms with Crippen LogP contribution in [0.5, 0.6) is 0 Å². The lowest BCUT2D eigenvalue weighted by Crippen LogP contribution is -2.25. The number of amides is 1. The molecule has 0 saturated carbocycles. The summed E-state index contributed by atoms with van der Waals surface area (Å²) < 4.78 is 19.9. The molecule has 0 bridgehead atoms. The van der Waals surface area contributed by atoms with Crippen LogP contribution in [0.3, 0.4) is 0 Å². The van der Waals surface area contributed by atoms with E-state index in [1.807, 2.05) is 17.5 Å². The number of benzene rings is 1. The summed E-state index contributed by atoms with van der Waals surface area (Å²) in [7, 11) is 1.64. The molecule has 5 nitrogen and oxygen atoms in total. The predicted molar refractivity (Wildman–Crippen MR) is 92.0 cm³/mol. The van der Waals surface area contributed by atoms with Crippen molar-refractivity contribution in [3.05, 3.63) is 46.9 Å². The molecule has 2 aromatic heterocycles. The van der Waals surface area contributed by atoms with Crippen LogP contribution in [0.15, 0.2) is 30.5 Å². The Balaban J connectivity index is 1.80. The molecule has 0 radical (unpaired) electrons. The molecule has 2 heterocycles. The number of aromatic nitrogens is 2. The van der Waals surface area contributed by atoms with Crippen molar-refractivity contribution in [3.8, 4) is 11.3 Å². The van der Waals surface area contributed by atoms with Crippen molar-refractivity contribution in [1.82, 2.24) is 14.7 Å². The molecular weight excluding hydrogens is 329 g/mol. The number of nitrogens with zero attached hydrogens (tertiary/aromatic N) is 2. The Kier molecular flexibility index (Phi) is 4.92. The van der Waals surface area contributed by atoms with Gasteiger partial charge in [0.05, 0.1) is 5.69 Å². The highest BCUT2D eigenvalue weighted by molar-refractivity contribution is 7.19. The van der Waals surface area contributed by atoms with Crippen LogP contribution in [0, 0.1) is 12.7 Å². The van der Waals surface area contributed by atoms with Crippen LogP contribution in [0.4, 0.5) is 4.39 Å². The Hall–Kier alpha value is -2.25. The van der Waals surface area contributed by atoms with Crippen molar-refractivity contribution in [2.24, 2.45) is 0 Å². The first kappa shape index (κ1) is 16.6. The number of methoxy groups -OCH3 is 1. The van der Waals surface area contributed by atoms with E-state index in [-0.39, 0.29) is 11.7 Å². The van der Waals surface area contributed by atoms with Crippen LogP contribution >= 0.6 is 11.3 Å². The summed E-state index contributed by atoms with van der Waals surface area (Å²) in [5.41, 5.74) is 2.45. The second kappa shape index (κ2) is 7.11. The maximum Gasteiger partial charge on any atom is 0.263 e. The summed E-state index contributed by atoms with van der Waals surface area (Å²) in [5, 5.41) is 2.89. The van der Waals surface area contributed by atoms with Crippen LogP contribution in [-0.2, 0) is 4.74 Å². The van der Waals surface area contributed by atoms with Crippen LogP contribution < -0.4 is 5.32 Å². The average Bonchev–Trinajstić information content (AvgIpc) is 3.12. The second-order valence-corrected chi connectivity index (χ2v) is 6.38. The lowest BCUT2D eigenvalue weighted by molar-refractivity contribution is 0.0951. The lowest BCUT2D eigenvalue weighted by atomic mass is 10.2. The third kappa shape index (κ3) is 3.32. The predicted octanol–water partition coefficient (Wildman–Crippen LogP) is 3.28. The normalized spacial score (nSPS) is 11.1. The van der Waals surface area contributed by atoms with E-state index in [0.717, 1.165) is 28.3 Å². The fraction of sp³-hybridized carbons (Fsp3) is 0.294. The highest BCUT2D eigenvalue weighted by Gasteiger charge is 2.17. The van der Waals surface area contributed by atoms with Gasteiger partial charge >= 0.3 is 0 Å². The van der Waals surface area contributed by atoms with Gasteiger partial charge in [-0.1, -0.05) is 11.3 Å². The van der Waals surface area contributed by atoms with E-state index in [2.05, 4.69) is 10.3 Å². The highest BCUT2D eigenvalue weighted by Crippen LogP contribution is 2.27. The van der Waals surface area contributed by atoms with Crippen molar-refractivity contribution < 1.29 is 13.9 Å². The zero-order chi connectivity index (χ0) is 17.1. The number of thiazole rings is 1. The summed E-state index contributed by atoms with van der Waals surface area (Å²) in [6, 6.07) is 6.21. The lowest BCUT2D eigenvalue weighted by Gasteiger charge is -2.03. The van der Waals surface area contributed by atoms with Gasteiger partial charge in [0.2, 0.25) is 0 Å². The third-order valence-electron chi connectivity index (χ3n) is 3.71. The Morgan fingerprint density at radius 2 is 2.12 bits per heavy atom. The smallest absolute Gasteiger partial charge is 0.263 e. The van der Waals surface area contributed by atoms with E-state index in [9.17, 15) is 9.18 Å². The van der Waals surface area contributed by atoms with Gasteiger partial charge in [-0.05, 0) is 37.6 Å². The molecule has 7 heteroatoms. The maximum atomic E-state index is 13.0. The Bertz CT molecular complexity index is 855. The monoisotopic (exact) mass is 347 g/mol. The van der Waals surface area contributed by atoms with Gasteiger partial charge in [-0.3, -0.25) is 9.20 Å². The molecule has 0 atom stereocenters. The number of nitrogens with one attached hydrogen (secondary N) is 1. The molecule has 3 aromatic rings. The summed E-state index contributed by atoms with van der Waals surface area (Å²) in [6.45, 7) is 3.09. The largest absolute Gasteiger partial charge is 0.385 e. The van der Waals surface area contributed by atoms with Gasteiger partial charge in [0.15, 0.2) is 4.96 Å². The maximum absolute atomic E-state index is 13.0. The van der Waals surface area contributed by atoms with Crippen LogP contribution in [0.1, 0.15) is 21.8 Å². The molecule has 0 fully saturated rings. The number of hydrogen-bond donors (Lipinski definition) is 1.